The second-order valence-corrected chi connectivity index (χ2v) is 5.65. The molecule has 2 rings (SSSR count). The molecule has 2 nitrogen and oxygen atoms in total. The molecule has 0 bridgehead atoms. The zero-order valence-electron chi connectivity index (χ0n) is 12.0. The second-order valence-electron chi connectivity index (χ2n) is 4.73. The van der Waals surface area contributed by atoms with Gasteiger partial charge < -0.3 is 10.1 Å². The molecule has 1 atom stereocenters. The van der Waals surface area contributed by atoms with Gasteiger partial charge in [-0.15, -0.1) is 0 Å². The standard InChI is InChI=1S/C16H16BrF2NO/c1-9-6-11(14(19)8-13(9)18)16(20-2)12-7-10(17)4-5-15(12)21-3/h4-8,16,20H,1-3H3. The maximum atomic E-state index is 14.2. The minimum atomic E-state index is -0.584. The van der Waals surface area contributed by atoms with E-state index in [1.807, 2.05) is 12.1 Å². The molecule has 0 fully saturated rings. The molecule has 0 heterocycles. The molecule has 21 heavy (non-hydrogen) atoms. The Kier molecular flexibility index (Phi) is 4.96. The normalized spacial score (nSPS) is 12.3. The average molecular weight is 356 g/mol. The molecule has 5 heteroatoms. The lowest BCUT2D eigenvalue weighted by Crippen LogP contribution is -2.20. The van der Waals surface area contributed by atoms with Gasteiger partial charge in [-0.1, -0.05) is 15.9 Å². The van der Waals surface area contributed by atoms with Crippen molar-refractivity contribution in [3.8, 4) is 5.75 Å². The van der Waals surface area contributed by atoms with Crippen LogP contribution >= 0.6 is 15.9 Å². The van der Waals surface area contributed by atoms with Crippen molar-refractivity contribution in [3.05, 3.63) is 63.1 Å². The Morgan fingerprint density at radius 1 is 1.10 bits per heavy atom. The molecule has 1 N–H and O–H groups in total. The first-order valence-corrected chi connectivity index (χ1v) is 7.23. The second kappa shape index (κ2) is 6.54. The highest BCUT2D eigenvalue weighted by Gasteiger charge is 2.21. The van der Waals surface area contributed by atoms with Crippen LogP contribution in [0.5, 0.6) is 5.75 Å². The summed E-state index contributed by atoms with van der Waals surface area (Å²) in [7, 11) is 3.29. The Balaban J connectivity index is 2.59. The van der Waals surface area contributed by atoms with Gasteiger partial charge in [-0.25, -0.2) is 8.78 Å². The summed E-state index contributed by atoms with van der Waals surface area (Å²) in [5.74, 6) is -0.495. The smallest absolute Gasteiger partial charge is 0.131 e. The van der Waals surface area contributed by atoms with Crippen LogP contribution in [0.3, 0.4) is 0 Å². The molecular weight excluding hydrogens is 340 g/mol. The van der Waals surface area contributed by atoms with Gasteiger partial charge in [0.1, 0.15) is 17.4 Å². The number of hydrogen-bond acceptors (Lipinski definition) is 2. The van der Waals surface area contributed by atoms with Gasteiger partial charge in [0.05, 0.1) is 13.2 Å². The third kappa shape index (κ3) is 3.24. The van der Waals surface area contributed by atoms with Crippen molar-refractivity contribution in [1.29, 1.82) is 0 Å². The lowest BCUT2D eigenvalue weighted by molar-refractivity contribution is 0.404. The lowest BCUT2D eigenvalue weighted by Gasteiger charge is -2.21. The average Bonchev–Trinajstić information content (AvgIpc) is 2.45. The maximum Gasteiger partial charge on any atom is 0.131 e. The monoisotopic (exact) mass is 355 g/mol. The Morgan fingerprint density at radius 3 is 2.43 bits per heavy atom. The predicted molar refractivity (Wildman–Crippen MR) is 82.7 cm³/mol. The van der Waals surface area contributed by atoms with Gasteiger partial charge in [-0.3, -0.25) is 0 Å². The summed E-state index contributed by atoms with van der Waals surface area (Å²) >= 11 is 3.40. The first-order chi connectivity index (χ1) is 9.97. The highest BCUT2D eigenvalue weighted by Crippen LogP contribution is 2.34. The van der Waals surface area contributed by atoms with Gasteiger partial charge in [0.15, 0.2) is 0 Å². The van der Waals surface area contributed by atoms with E-state index in [0.717, 1.165) is 16.1 Å². The molecular formula is C16H16BrF2NO. The van der Waals surface area contributed by atoms with E-state index in [4.69, 9.17) is 4.74 Å². The molecule has 2 aromatic carbocycles. The van der Waals surface area contributed by atoms with Crippen molar-refractivity contribution >= 4 is 15.9 Å². The van der Waals surface area contributed by atoms with Gasteiger partial charge in [-0.05, 0) is 43.8 Å². The fourth-order valence-corrected chi connectivity index (χ4v) is 2.69. The number of rotatable bonds is 4. The SMILES string of the molecule is CNC(c1cc(C)c(F)cc1F)c1cc(Br)ccc1OC. The quantitative estimate of drug-likeness (QED) is 0.879. The van der Waals surface area contributed by atoms with Crippen LogP contribution in [0.25, 0.3) is 0 Å². The third-order valence-electron chi connectivity index (χ3n) is 3.38. The van der Waals surface area contributed by atoms with E-state index in [0.29, 0.717) is 16.9 Å². The number of halogens is 3. The van der Waals surface area contributed by atoms with E-state index in [-0.39, 0.29) is 0 Å². The molecule has 0 aromatic heterocycles. The zero-order chi connectivity index (χ0) is 15.6. The van der Waals surface area contributed by atoms with Crippen LogP contribution in [0.2, 0.25) is 0 Å². The van der Waals surface area contributed by atoms with Crippen LogP contribution in [0.15, 0.2) is 34.8 Å². The van der Waals surface area contributed by atoms with Crippen LogP contribution in [-0.4, -0.2) is 14.2 Å². The fourth-order valence-electron chi connectivity index (χ4n) is 2.31. The molecule has 0 aliphatic carbocycles. The molecule has 112 valence electrons. The Labute approximate surface area is 131 Å². The van der Waals surface area contributed by atoms with Crippen molar-refractivity contribution in [2.24, 2.45) is 0 Å². The summed E-state index contributed by atoms with van der Waals surface area (Å²) in [6.45, 7) is 1.61. The highest BCUT2D eigenvalue weighted by atomic mass is 79.9. The van der Waals surface area contributed by atoms with E-state index in [1.165, 1.54) is 6.07 Å². The molecule has 0 amide bonds. The van der Waals surface area contributed by atoms with E-state index in [1.54, 1.807) is 27.1 Å². The fraction of sp³-hybridized carbons (Fsp3) is 0.250. The van der Waals surface area contributed by atoms with Crippen LogP contribution in [0.4, 0.5) is 8.78 Å². The van der Waals surface area contributed by atoms with E-state index < -0.39 is 17.7 Å². The Hall–Kier alpha value is -1.46. The largest absolute Gasteiger partial charge is 0.496 e. The van der Waals surface area contributed by atoms with Gasteiger partial charge in [0.2, 0.25) is 0 Å². The Bertz CT molecular complexity index is 661. The number of hydrogen-bond donors (Lipinski definition) is 1. The Morgan fingerprint density at radius 2 is 1.81 bits per heavy atom. The summed E-state index contributed by atoms with van der Waals surface area (Å²) in [6.07, 6.45) is 0. The predicted octanol–water partition coefficient (Wildman–Crippen LogP) is 4.35. The van der Waals surface area contributed by atoms with Crippen molar-refractivity contribution in [3.63, 3.8) is 0 Å². The minimum Gasteiger partial charge on any atom is -0.496 e. The molecule has 0 saturated carbocycles. The summed E-state index contributed by atoms with van der Waals surface area (Å²) in [6, 6.07) is 7.51. The van der Waals surface area contributed by atoms with E-state index in [9.17, 15) is 8.78 Å². The summed E-state index contributed by atoms with van der Waals surface area (Å²) in [4.78, 5) is 0. The first kappa shape index (κ1) is 15.9. The first-order valence-electron chi connectivity index (χ1n) is 6.44. The van der Waals surface area contributed by atoms with Crippen molar-refractivity contribution < 1.29 is 13.5 Å². The van der Waals surface area contributed by atoms with Crippen molar-refractivity contribution in [2.75, 3.05) is 14.2 Å². The summed E-state index contributed by atoms with van der Waals surface area (Å²) in [5, 5.41) is 3.06. The van der Waals surface area contributed by atoms with Crippen molar-refractivity contribution in [2.45, 2.75) is 13.0 Å². The number of benzene rings is 2. The zero-order valence-corrected chi connectivity index (χ0v) is 13.6. The molecule has 0 spiro atoms. The third-order valence-corrected chi connectivity index (χ3v) is 3.87. The number of ether oxygens (including phenoxy) is 1. The van der Waals surface area contributed by atoms with Gasteiger partial charge in [0, 0.05) is 21.7 Å². The number of methoxy groups -OCH3 is 1. The van der Waals surface area contributed by atoms with Gasteiger partial charge in [0.25, 0.3) is 0 Å². The number of nitrogens with one attached hydrogen (secondary N) is 1. The molecule has 2 aromatic rings. The van der Waals surface area contributed by atoms with Crippen molar-refractivity contribution in [1.82, 2.24) is 5.32 Å². The topological polar surface area (TPSA) is 21.3 Å². The summed E-state index contributed by atoms with van der Waals surface area (Å²) in [5.41, 5.74) is 1.56. The van der Waals surface area contributed by atoms with Gasteiger partial charge in [-0.2, -0.15) is 0 Å². The van der Waals surface area contributed by atoms with E-state index in [2.05, 4.69) is 21.2 Å². The molecule has 1 unspecified atom stereocenters. The van der Waals surface area contributed by atoms with Crippen LogP contribution in [0.1, 0.15) is 22.7 Å². The molecule has 0 saturated heterocycles. The van der Waals surface area contributed by atoms with Crippen LogP contribution in [-0.2, 0) is 0 Å². The summed E-state index contributed by atoms with van der Waals surface area (Å²) < 4.78 is 33.8. The minimum absolute atomic E-state index is 0.382. The van der Waals surface area contributed by atoms with E-state index >= 15 is 0 Å². The maximum absolute atomic E-state index is 14.2. The number of aryl methyl sites for hydroxylation is 1. The molecule has 0 aliphatic rings. The molecule has 0 radical (unpaired) electrons. The van der Waals surface area contributed by atoms with Gasteiger partial charge >= 0.3 is 0 Å². The van der Waals surface area contributed by atoms with Crippen LogP contribution < -0.4 is 10.1 Å². The van der Waals surface area contributed by atoms with Crippen LogP contribution in [0, 0.1) is 18.6 Å². The molecule has 0 aliphatic heterocycles. The lowest BCUT2D eigenvalue weighted by atomic mass is 9.96. The highest BCUT2D eigenvalue weighted by molar-refractivity contribution is 9.10.